The highest BCUT2D eigenvalue weighted by Gasteiger charge is 2.53. The molecule has 2 atom stereocenters. The van der Waals surface area contributed by atoms with Gasteiger partial charge >= 0.3 is 6.09 Å². The summed E-state index contributed by atoms with van der Waals surface area (Å²) in [6.07, 6.45) is -0.526. The first-order chi connectivity index (χ1) is 30.5. The second-order valence-electron chi connectivity index (χ2n) is 15.2. The number of amides is 1. The number of nitrogens with one attached hydrogen (secondary N) is 1. The molecule has 1 heterocycles. The highest BCUT2D eigenvalue weighted by molar-refractivity contribution is 5.65. The zero-order valence-electron chi connectivity index (χ0n) is 34.5. The van der Waals surface area contributed by atoms with E-state index in [1.165, 1.54) is 0 Å². The predicted octanol–water partition coefficient (Wildman–Crippen LogP) is 9.14. The van der Waals surface area contributed by atoms with E-state index in [-0.39, 0.29) is 25.7 Å². The van der Waals surface area contributed by atoms with E-state index >= 15 is 0 Å². The van der Waals surface area contributed by atoms with Gasteiger partial charge in [0.1, 0.15) is 38.6 Å². The minimum atomic E-state index is -1.08. The monoisotopic (exact) mass is 837 g/mol. The summed E-state index contributed by atoms with van der Waals surface area (Å²) in [5.74, 6) is 2.76. The molecule has 0 radical (unpaired) electrons. The van der Waals surface area contributed by atoms with Crippen molar-refractivity contribution in [3.05, 3.63) is 185 Å². The van der Waals surface area contributed by atoms with Gasteiger partial charge in [-0.15, -0.1) is 0 Å². The number of carboxylic acid groups (broad SMARTS) is 1. The quantitative estimate of drug-likeness (QED) is 0.0641. The van der Waals surface area contributed by atoms with Gasteiger partial charge in [-0.3, -0.25) is 0 Å². The first-order valence-electron chi connectivity index (χ1n) is 20.9. The molecule has 0 aromatic heterocycles. The van der Waals surface area contributed by atoms with Crippen molar-refractivity contribution < 1.29 is 47.8 Å². The van der Waals surface area contributed by atoms with Crippen LogP contribution in [0.4, 0.5) is 4.79 Å². The minimum absolute atomic E-state index is 0.210. The van der Waals surface area contributed by atoms with Gasteiger partial charge in [0.05, 0.1) is 33.0 Å². The molecule has 1 aliphatic carbocycles. The third-order valence-corrected chi connectivity index (χ3v) is 10.9. The largest absolute Gasteiger partial charge is 0.486 e. The van der Waals surface area contributed by atoms with Gasteiger partial charge in [-0.2, -0.15) is 0 Å². The summed E-state index contributed by atoms with van der Waals surface area (Å²) in [6.45, 7) is 3.42. The summed E-state index contributed by atoms with van der Waals surface area (Å²) in [5, 5.41) is 11.1. The van der Waals surface area contributed by atoms with Crippen LogP contribution in [0, 0.1) is 0 Å². The SMILES string of the molecule is O=C(O)NCCOCCOCCOC12COc3c(ccc(OCc4ccccc4)c3OCc3ccccc3)C1c1cc(OCc3ccccc3)c(OCc3ccccc3)cc1C2. The molecule has 6 aromatic carbocycles. The van der Waals surface area contributed by atoms with Crippen LogP contribution in [0.5, 0.6) is 28.7 Å². The molecule has 62 heavy (non-hydrogen) atoms. The van der Waals surface area contributed by atoms with Gasteiger partial charge in [0.15, 0.2) is 23.0 Å². The fourth-order valence-corrected chi connectivity index (χ4v) is 7.91. The number of hydrogen-bond donors (Lipinski definition) is 2. The van der Waals surface area contributed by atoms with Crippen molar-refractivity contribution >= 4 is 6.09 Å². The van der Waals surface area contributed by atoms with Crippen LogP contribution < -0.4 is 29.0 Å². The first kappa shape index (κ1) is 42.2. The van der Waals surface area contributed by atoms with Crippen LogP contribution in [0.15, 0.2) is 146 Å². The average molecular weight is 838 g/mol. The second kappa shape index (κ2) is 20.8. The van der Waals surface area contributed by atoms with Crippen molar-refractivity contribution in [2.45, 2.75) is 44.4 Å². The lowest BCUT2D eigenvalue weighted by atomic mass is 9.80. The molecule has 1 aliphatic heterocycles. The van der Waals surface area contributed by atoms with Crippen LogP contribution in [-0.2, 0) is 47.1 Å². The number of ether oxygens (including phenoxy) is 8. The molecule has 11 heteroatoms. The molecule has 320 valence electrons. The predicted molar refractivity (Wildman–Crippen MR) is 233 cm³/mol. The summed E-state index contributed by atoms with van der Waals surface area (Å²) in [4.78, 5) is 10.7. The third kappa shape index (κ3) is 10.7. The van der Waals surface area contributed by atoms with E-state index in [9.17, 15) is 4.79 Å². The molecule has 11 nitrogen and oxygen atoms in total. The number of benzene rings is 6. The molecular formula is C51H51NO10. The smallest absolute Gasteiger partial charge is 0.404 e. The van der Waals surface area contributed by atoms with Gasteiger partial charge in [-0.05, 0) is 51.6 Å². The van der Waals surface area contributed by atoms with Gasteiger partial charge in [0, 0.05) is 24.4 Å². The van der Waals surface area contributed by atoms with Crippen molar-refractivity contribution in [3.8, 4) is 28.7 Å². The Morgan fingerprint density at radius 1 is 0.581 bits per heavy atom. The fraction of sp³-hybridized carbons (Fsp3) is 0.275. The van der Waals surface area contributed by atoms with Gasteiger partial charge in [-0.1, -0.05) is 127 Å². The van der Waals surface area contributed by atoms with E-state index in [0.29, 0.717) is 88.0 Å². The van der Waals surface area contributed by atoms with E-state index in [2.05, 4.69) is 23.5 Å². The Morgan fingerprint density at radius 2 is 1.08 bits per heavy atom. The molecule has 0 bridgehead atoms. The molecule has 2 unspecified atom stereocenters. The number of rotatable bonds is 22. The Bertz CT molecular complexity index is 2350. The number of hydrogen-bond acceptors (Lipinski definition) is 9. The highest BCUT2D eigenvalue weighted by atomic mass is 16.6. The van der Waals surface area contributed by atoms with Gasteiger partial charge in [-0.25, -0.2) is 4.79 Å². The van der Waals surface area contributed by atoms with Crippen LogP contribution in [0.25, 0.3) is 0 Å². The highest BCUT2D eigenvalue weighted by Crippen LogP contribution is 2.58. The zero-order chi connectivity index (χ0) is 42.4. The summed E-state index contributed by atoms with van der Waals surface area (Å²) < 4.78 is 51.4. The van der Waals surface area contributed by atoms with E-state index in [0.717, 1.165) is 38.9 Å². The van der Waals surface area contributed by atoms with E-state index in [1.54, 1.807) is 0 Å². The molecule has 2 aliphatic rings. The number of carbonyl (C=O) groups is 1. The van der Waals surface area contributed by atoms with Gasteiger partial charge in [0.2, 0.25) is 5.75 Å². The van der Waals surface area contributed by atoms with E-state index in [1.807, 2.05) is 127 Å². The molecule has 0 saturated carbocycles. The van der Waals surface area contributed by atoms with E-state index < -0.39 is 11.7 Å². The van der Waals surface area contributed by atoms with Crippen molar-refractivity contribution in [2.24, 2.45) is 0 Å². The van der Waals surface area contributed by atoms with E-state index in [4.69, 9.17) is 43.0 Å². The van der Waals surface area contributed by atoms with Crippen molar-refractivity contribution in [1.82, 2.24) is 5.32 Å². The second-order valence-corrected chi connectivity index (χ2v) is 15.2. The van der Waals surface area contributed by atoms with Crippen molar-refractivity contribution in [2.75, 3.05) is 46.2 Å². The van der Waals surface area contributed by atoms with Crippen LogP contribution >= 0.6 is 0 Å². The zero-order valence-corrected chi connectivity index (χ0v) is 34.5. The lowest BCUT2D eigenvalue weighted by Crippen LogP contribution is -2.47. The Balaban J connectivity index is 1.11. The molecule has 2 N–H and O–H groups in total. The lowest BCUT2D eigenvalue weighted by Gasteiger charge is -2.41. The minimum Gasteiger partial charge on any atom is -0.486 e. The molecule has 0 fully saturated rings. The molecule has 6 aromatic rings. The van der Waals surface area contributed by atoms with Gasteiger partial charge < -0.3 is 48.3 Å². The maximum absolute atomic E-state index is 10.7. The van der Waals surface area contributed by atoms with Crippen LogP contribution in [0.3, 0.4) is 0 Å². The molecule has 8 rings (SSSR count). The van der Waals surface area contributed by atoms with Crippen LogP contribution in [-0.4, -0.2) is 63.0 Å². The van der Waals surface area contributed by atoms with Crippen molar-refractivity contribution in [3.63, 3.8) is 0 Å². The summed E-state index contributed by atoms with van der Waals surface area (Å²) in [5.41, 5.74) is 6.40. The summed E-state index contributed by atoms with van der Waals surface area (Å²) in [6, 6.07) is 48.5. The molecule has 0 spiro atoms. The summed E-state index contributed by atoms with van der Waals surface area (Å²) >= 11 is 0. The molecular weight excluding hydrogens is 787 g/mol. The maximum Gasteiger partial charge on any atom is 0.404 e. The van der Waals surface area contributed by atoms with Crippen LogP contribution in [0.1, 0.15) is 44.9 Å². The van der Waals surface area contributed by atoms with Crippen LogP contribution in [0.2, 0.25) is 0 Å². The first-order valence-corrected chi connectivity index (χ1v) is 20.9. The lowest BCUT2D eigenvalue weighted by molar-refractivity contribution is -0.102. The van der Waals surface area contributed by atoms with Gasteiger partial charge in [0.25, 0.3) is 0 Å². The Morgan fingerprint density at radius 3 is 1.65 bits per heavy atom. The normalized spacial score (nSPS) is 16.0. The van der Waals surface area contributed by atoms with Crippen molar-refractivity contribution in [1.29, 1.82) is 0 Å². The fourth-order valence-electron chi connectivity index (χ4n) is 7.91. The Hall–Kier alpha value is -6.53. The Labute approximate surface area is 362 Å². The number of fused-ring (bicyclic) bond motifs is 5. The Kier molecular flexibility index (Phi) is 14.2. The topological polar surface area (TPSA) is 123 Å². The average Bonchev–Trinajstić information content (AvgIpc) is 3.64. The maximum atomic E-state index is 10.7. The summed E-state index contributed by atoms with van der Waals surface area (Å²) in [7, 11) is 0. The standard InChI is InChI=1S/C51H51NO10/c53-50(54)52-23-24-55-25-26-56-27-28-62-51-31-41-29-45(58-33-38-15-7-2-8-16-38)46(59-34-39-17-9-3-10-18-39)30-43(41)47(51)42-21-22-44(57-32-37-13-5-1-6-14-37)49(48(42)61-36-51)60-35-40-19-11-4-12-20-40/h1-22,29-30,47,52H,23-28,31-36H2,(H,53,54). The molecule has 0 saturated heterocycles. The third-order valence-electron chi connectivity index (χ3n) is 10.9. The molecule has 1 amide bonds.